The monoisotopic (exact) mass is 318 g/mol. The van der Waals surface area contributed by atoms with Gasteiger partial charge in [-0.2, -0.15) is 0 Å². The molecule has 21 heavy (non-hydrogen) atoms. The molecule has 0 bridgehead atoms. The number of aromatic nitrogens is 2. The molecule has 1 aromatic rings. The Morgan fingerprint density at radius 1 is 1.43 bits per heavy atom. The highest BCUT2D eigenvalue weighted by molar-refractivity contribution is 7.52. The number of hydrogen-bond acceptors (Lipinski definition) is 5. The molecule has 0 fully saturated rings. The molecule has 8 nitrogen and oxygen atoms in total. The van der Waals surface area contributed by atoms with Crippen LogP contribution in [0.5, 0.6) is 0 Å². The molecule has 1 unspecified atom stereocenters. The lowest BCUT2D eigenvalue weighted by Crippen LogP contribution is -2.30. The number of ether oxygens (including phenoxy) is 1. The zero-order valence-corrected chi connectivity index (χ0v) is 12.8. The number of H-pyrrole nitrogens is 1. The van der Waals surface area contributed by atoms with Crippen LogP contribution < -0.4 is 11.2 Å². The van der Waals surface area contributed by atoms with Crippen LogP contribution in [0.4, 0.5) is 0 Å². The van der Waals surface area contributed by atoms with Crippen molar-refractivity contribution in [1.82, 2.24) is 9.55 Å². The molecular weight excluding hydrogens is 299 g/mol. The predicted molar refractivity (Wildman–Crippen MR) is 77.5 cm³/mol. The molecular formula is C12H19N2O6P. The maximum Gasteiger partial charge on any atom is 0.353 e. The van der Waals surface area contributed by atoms with Gasteiger partial charge in [-0.25, -0.2) is 4.79 Å². The van der Waals surface area contributed by atoms with Crippen LogP contribution in [-0.4, -0.2) is 34.0 Å². The molecule has 0 spiro atoms. The molecule has 1 atom stereocenters. The lowest BCUT2D eigenvalue weighted by atomic mass is 10.4. The molecule has 0 aliphatic carbocycles. The van der Waals surface area contributed by atoms with E-state index in [2.05, 4.69) is 9.51 Å². The Bertz CT molecular complexity index is 648. The van der Waals surface area contributed by atoms with E-state index in [1.54, 1.807) is 26.0 Å². The Hall–Kier alpha value is -1.47. The van der Waals surface area contributed by atoms with Crippen LogP contribution in [0.25, 0.3) is 0 Å². The Morgan fingerprint density at radius 2 is 2.14 bits per heavy atom. The van der Waals surface area contributed by atoms with E-state index < -0.39 is 18.8 Å². The lowest BCUT2D eigenvalue weighted by molar-refractivity contribution is 0.169. The average Bonchev–Trinajstić information content (AvgIpc) is 2.39. The van der Waals surface area contributed by atoms with E-state index in [-0.39, 0.29) is 26.1 Å². The van der Waals surface area contributed by atoms with Gasteiger partial charge in [0.1, 0.15) is 6.35 Å². The van der Waals surface area contributed by atoms with E-state index in [0.717, 1.165) is 0 Å². The van der Waals surface area contributed by atoms with Crippen LogP contribution >= 0.6 is 7.60 Å². The van der Waals surface area contributed by atoms with Gasteiger partial charge >= 0.3 is 13.3 Å². The van der Waals surface area contributed by atoms with Crippen molar-refractivity contribution in [3.05, 3.63) is 44.8 Å². The molecule has 118 valence electrons. The van der Waals surface area contributed by atoms with Gasteiger partial charge in [0.05, 0.1) is 13.2 Å². The molecule has 0 saturated heterocycles. The zero-order chi connectivity index (χ0) is 15.9. The molecule has 1 rings (SSSR count). The molecule has 1 aromatic heterocycles. The Labute approximate surface area is 121 Å². The highest BCUT2D eigenvalue weighted by Gasteiger charge is 2.17. The standard InChI is InChI=1S/C12H19N2O6P/c1-3-20-21(17,18)9-19-7-5-4-6-14-8-10(2)11(15)13-12(14)16/h4-5,8H,3,6-7,9H2,1-2H3,(H,17,18)(H,13,15,16)/b5-4-. The van der Waals surface area contributed by atoms with Crippen LogP contribution in [0.2, 0.25) is 0 Å². The summed E-state index contributed by atoms with van der Waals surface area (Å²) in [5.41, 5.74) is -0.456. The van der Waals surface area contributed by atoms with E-state index in [0.29, 0.717) is 5.56 Å². The molecule has 0 radical (unpaired) electrons. The molecule has 9 heteroatoms. The summed E-state index contributed by atoms with van der Waals surface area (Å²) in [4.78, 5) is 34.1. The first-order valence-corrected chi connectivity index (χ1v) is 8.11. The third kappa shape index (κ3) is 6.22. The molecule has 0 aliphatic heterocycles. The average molecular weight is 318 g/mol. The van der Waals surface area contributed by atoms with Gasteiger partial charge in [0, 0.05) is 18.3 Å². The van der Waals surface area contributed by atoms with Gasteiger partial charge in [0.2, 0.25) is 0 Å². The number of nitrogens with one attached hydrogen (secondary N) is 1. The van der Waals surface area contributed by atoms with Crippen LogP contribution in [0.3, 0.4) is 0 Å². The van der Waals surface area contributed by atoms with Crippen molar-refractivity contribution in [3.63, 3.8) is 0 Å². The molecule has 2 N–H and O–H groups in total. The minimum atomic E-state index is -3.67. The van der Waals surface area contributed by atoms with Crippen molar-refractivity contribution in [1.29, 1.82) is 0 Å². The van der Waals surface area contributed by atoms with Crippen LogP contribution in [0, 0.1) is 6.92 Å². The van der Waals surface area contributed by atoms with E-state index >= 15 is 0 Å². The minimum absolute atomic E-state index is 0.120. The van der Waals surface area contributed by atoms with Crippen molar-refractivity contribution < 1.29 is 18.7 Å². The summed E-state index contributed by atoms with van der Waals surface area (Å²) < 4.78 is 22.2. The molecule has 0 saturated carbocycles. The van der Waals surface area contributed by atoms with Gasteiger partial charge in [-0.05, 0) is 13.8 Å². The van der Waals surface area contributed by atoms with Crippen molar-refractivity contribution >= 4 is 7.60 Å². The van der Waals surface area contributed by atoms with Crippen molar-refractivity contribution in [2.75, 3.05) is 19.6 Å². The first kappa shape index (κ1) is 17.6. The van der Waals surface area contributed by atoms with Crippen molar-refractivity contribution in [3.8, 4) is 0 Å². The predicted octanol–water partition coefficient (Wildman–Crippen LogP) is 0.597. The number of hydrogen-bond donors (Lipinski definition) is 2. The molecule has 0 amide bonds. The fraction of sp³-hybridized carbons (Fsp3) is 0.500. The lowest BCUT2D eigenvalue weighted by Gasteiger charge is -2.09. The van der Waals surface area contributed by atoms with E-state index in [1.807, 2.05) is 0 Å². The maximum atomic E-state index is 11.5. The van der Waals surface area contributed by atoms with Crippen molar-refractivity contribution in [2.24, 2.45) is 0 Å². The first-order valence-electron chi connectivity index (χ1n) is 6.35. The second kappa shape index (κ2) is 8.09. The molecule has 1 heterocycles. The number of aryl methyl sites for hydroxylation is 1. The van der Waals surface area contributed by atoms with Crippen LogP contribution in [0.1, 0.15) is 12.5 Å². The largest absolute Gasteiger partial charge is 0.365 e. The van der Waals surface area contributed by atoms with E-state index in [9.17, 15) is 19.0 Å². The van der Waals surface area contributed by atoms with Gasteiger partial charge in [-0.3, -0.25) is 18.9 Å². The zero-order valence-electron chi connectivity index (χ0n) is 11.9. The van der Waals surface area contributed by atoms with Gasteiger partial charge in [-0.1, -0.05) is 12.2 Å². The summed E-state index contributed by atoms with van der Waals surface area (Å²) in [5.74, 6) is 0. The molecule has 0 aromatic carbocycles. The SMILES string of the molecule is CCOP(=O)(O)COC/C=C\Cn1cc(C)c(=O)[nH]c1=O. The van der Waals surface area contributed by atoms with Crippen LogP contribution in [0.15, 0.2) is 27.9 Å². The topological polar surface area (TPSA) is 111 Å². The highest BCUT2D eigenvalue weighted by atomic mass is 31.2. The maximum absolute atomic E-state index is 11.5. The highest BCUT2D eigenvalue weighted by Crippen LogP contribution is 2.41. The summed E-state index contributed by atoms with van der Waals surface area (Å²) in [6.07, 6.45) is 4.34. The number of aromatic amines is 1. The van der Waals surface area contributed by atoms with Gasteiger partial charge < -0.3 is 14.2 Å². The summed E-state index contributed by atoms with van der Waals surface area (Å²) in [6, 6.07) is 0. The summed E-state index contributed by atoms with van der Waals surface area (Å²) in [5, 5.41) is 0. The van der Waals surface area contributed by atoms with Crippen LogP contribution in [-0.2, 0) is 20.4 Å². The summed E-state index contributed by atoms with van der Waals surface area (Å²) in [7, 11) is -3.67. The minimum Gasteiger partial charge on any atom is -0.365 e. The van der Waals surface area contributed by atoms with Gasteiger partial charge in [0.25, 0.3) is 5.56 Å². The summed E-state index contributed by atoms with van der Waals surface area (Å²) >= 11 is 0. The quantitative estimate of drug-likeness (QED) is 0.412. The van der Waals surface area contributed by atoms with E-state index in [4.69, 9.17) is 4.74 Å². The third-order valence-electron chi connectivity index (χ3n) is 2.46. The number of rotatable bonds is 8. The van der Waals surface area contributed by atoms with Gasteiger partial charge in [-0.15, -0.1) is 0 Å². The number of allylic oxidation sites excluding steroid dienone is 1. The van der Waals surface area contributed by atoms with Crippen molar-refractivity contribution in [2.45, 2.75) is 20.4 Å². The van der Waals surface area contributed by atoms with Gasteiger partial charge in [0.15, 0.2) is 0 Å². The van der Waals surface area contributed by atoms with E-state index in [1.165, 1.54) is 10.8 Å². The smallest absolute Gasteiger partial charge is 0.353 e. The Morgan fingerprint density at radius 3 is 2.81 bits per heavy atom. The second-order valence-electron chi connectivity index (χ2n) is 4.25. The first-order chi connectivity index (χ1) is 9.85. The summed E-state index contributed by atoms with van der Waals surface area (Å²) in [6.45, 7) is 3.75. The fourth-order valence-corrected chi connectivity index (χ4v) is 2.30. The normalized spacial score (nSPS) is 14.4. The fourth-order valence-electron chi connectivity index (χ4n) is 1.49. The number of nitrogens with zero attached hydrogens (tertiary/aromatic N) is 1. The second-order valence-corrected chi connectivity index (χ2v) is 6.04. The third-order valence-corrected chi connectivity index (χ3v) is 3.63. The molecule has 0 aliphatic rings. The Balaban J connectivity index is 2.43. The Kier molecular flexibility index (Phi) is 6.77.